The van der Waals surface area contributed by atoms with Crippen LogP contribution in [0.1, 0.15) is 36.2 Å². The SMILES string of the molecule is CCCOc1ccccc1C(=O)N/N=C(\C)c1ccc(Br)cc1. The molecule has 1 N–H and O–H groups in total. The number of hydrogen-bond donors (Lipinski definition) is 1. The van der Waals surface area contributed by atoms with Crippen LogP contribution in [0.5, 0.6) is 5.75 Å². The van der Waals surface area contributed by atoms with Gasteiger partial charge < -0.3 is 4.74 Å². The number of nitrogens with one attached hydrogen (secondary N) is 1. The molecule has 0 heterocycles. The zero-order valence-electron chi connectivity index (χ0n) is 13.2. The monoisotopic (exact) mass is 374 g/mol. The van der Waals surface area contributed by atoms with Crippen molar-refractivity contribution in [2.24, 2.45) is 5.10 Å². The summed E-state index contributed by atoms with van der Waals surface area (Å²) in [4.78, 5) is 12.3. The maximum Gasteiger partial charge on any atom is 0.275 e. The number of carbonyl (C=O) groups excluding carboxylic acids is 1. The van der Waals surface area contributed by atoms with Crippen molar-refractivity contribution in [2.45, 2.75) is 20.3 Å². The van der Waals surface area contributed by atoms with E-state index in [9.17, 15) is 4.79 Å². The second-order valence-electron chi connectivity index (χ2n) is 4.99. The third-order valence-electron chi connectivity index (χ3n) is 3.18. The van der Waals surface area contributed by atoms with Gasteiger partial charge in [-0.05, 0) is 43.2 Å². The number of para-hydroxylation sites is 1. The molecule has 120 valence electrons. The van der Waals surface area contributed by atoms with E-state index in [4.69, 9.17) is 4.74 Å². The summed E-state index contributed by atoms with van der Waals surface area (Å²) in [5.41, 5.74) is 4.75. The molecule has 0 aliphatic carbocycles. The number of amides is 1. The van der Waals surface area contributed by atoms with Crippen molar-refractivity contribution in [2.75, 3.05) is 6.61 Å². The van der Waals surface area contributed by atoms with E-state index >= 15 is 0 Å². The van der Waals surface area contributed by atoms with Crippen molar-refractivity contribution in [1.82, 2.24) is 5.43 Å². The molecule has 1 amide bonds. The standard InChI is InChI=1S/C18H19BrN2O2/c1-3-12-23-17-7-5-4-6-16(17)18(22)21-20-13(2)14-8-10-15(19)11-9-14/h4-11H,3,12H2,1-2H3,(H,21,22)/b20-13+. The van der Waals surface area contributed by atoms with Gasteiger partial charge in [0, 0.05) is 4.47 Å². The molecule has 0 aliphatic heterocycles. The van der Waals surface area contributed by atoms with Crippen LogP contribution in [0.25, 0.3) is 0 Å². The first-order chi connectivity index (χ1) is 11.1. The maximum absolute atomic E-state index is 12.3. The molecule has 0 spiro atoms. The Morgan fingerprint density at radius 1 is 1.17 bits per heavy atom. The molecule has 0 saturated carbocycles. The predicted octanol–water partition coefficient (Wildman–Crippen LogP) is 4.39. The number of rotatable bonds is 6. The Morgan fingerprint density at radius 2 is 1.87 bits per heavy atom. The zero-order valence-corrected chi connectivity index (χ0v) is 14.8. The minimum absolute atomic E-state index is 0.284. The van der Waals surface area contributed by atoms with Crippen LogP contribution in [0, 0.1) is 0 Å². The minimum Gasteiger partial charge on any atom is -0.493 e. The Labute approximate surface area is 144 Å². The molecule has 0 bridgehead atoms. The highest BCUT2D eigenvalue weighted by molar-refractivity contribution is 9.10. The first-order valence-electron chi connectivity index (χ1n) is 7.44. The van der Waals surface area contributed by atoms with Crippen molar-refractivity contribution in [3.63, 3.8) is 0 Å². The van der Waals surface area contributed by atoms with E-state index < -0.39 is 0 Å². The lowest BCUT2D eigenvalue weighted by Gasteiger charge is -2.09. The molecule has 0 atom stereocenters. The van der Waals surface area contributed by atoms with Gasteiger partial charge in [-0.1, -0.05) is 47.1 Å². The van der Waals surface area contributed by atoms with Crippen molar-refractivity contribution in [1.29, 1.82) is 0 Å². The molecule has 0 fully saturated rings. The Kier molecular flexibility index (Phi) is 6.35. The van der Waals surface area contributed by atoms with E-state index in [-0.39, 0.29) is 5.91 Å². The Balaban J connectivity index is 2.10. The van der Waals surface area contributed by atoms with Gasteiger partial charge in [0.2, 0.25) is 0 Å². The minimum atomic E-state index is -0.284. The van der Waals surface area contributed by atoms with Crippen LogP contribution in [0.3, 0.4) is 0 Å². The molecule has 4 nitrogen and oxygen atoms in total. The van der Waals surface area contributed by atoms with E-state index in [1.807, 2.05) is 44.2 Å². The van der Waals surface area contributed by atoms with Crippen LogP contribution in [0.4, 0.5) is 0 Å². The number of hydrazone groups is 1. The molecule has 23 heavy (non-hydrogen) atoms. The van der Waals surface area contributed by atoms with E-state index in [1.54, 1.807) is 18.2 Å². The van der Waals surface area contributed by atoms with Crippen LogP contribution in [0.15, 0.2) is 58.1 Å². The summed E-state index contributed by atoms with van der Waals surface area (Å²) in [5.74, 6) is 0.288. The average Bonchev–Trinajstić information content (AvgIpc) is 2.58. The van der Waals surface area contributed by atoms with Gasteiger partial charge in [0.25, 0.3) is 5.91 Å². The molecule has 0 aromatic heterocycles. The molecule has 0 saturated heterocycles. The van der Waals surface area contributed by atoms with E-state index in [2.05, 4.69) is 26.5 Å². The van der Waals surface area contributed by atoms with Gasteiger partial charge in [-0.25, -0.2) is 5.43 Å². The average molecular weight is 375 g/mol. The van der Waals surface area contributed by atoms with Crippen LogP contribution in [-0.2, 0) is 0 Å². The third-order valence-corrected chi connectivity index (χ3v) is 3.71. The van der Waals surface area contributed by atoms with Crippen LogP contribution >= 0.6 is 15.9 Å². The van der Waals surface area contributed by atoms with Gasteiger partial charge in [-0.3, -0.25) is 4.79 Å². The fraction of sp³-hybridized carbons (Fsp3) is 0.222. The molecule has 2 rings (SSSR count). The van der Waals surface area contributed by atoms with Crippen LogP contribution < -0.4 is 10.2 Å². The Bertz CT molecular complexity index is 696. The fourth-order valence-electron chi connectivity index (χ4n) is 1.94. The highest BCUT2D eigenvalue weighted by atomic mass is 79.9. The highest BCUT2D eigenvalue weighted by Gasteiger charge is 2.11. The van der Waals surface area contributed by atoms with Crippen molar-refractivity contribution in [3.8, 4) is 5.75 Å². The lowest BCUT2D eigenvalue weighted by Crippen LogP contribution is -2.20. The number of benzene rings is 2. The Hall–Kier alpha value is -2.14. The molecule has 2 aromatic rings. The van der Waals surface area contributed by atoms with Gasteiger partial charge in [-0.2, -0.15) is 5.10 Å². The summed E-state index contributed by atoms with van der Waals surface area (Å²) >= 11 is 3.39. The van der Waals surface area contributed by atoms with Gasteiger partial charge >= 0.3 is 0 Å². The molecule has 0 unspecified atom stereocenters. The van der Waals surface area contributed by atoms with Gasteiger partial charge in [-0.15, -0.1) is 0 Å². The molecular formula is C18H19BrN2O2. The Morgan fingerprint density at radius 3 is 2.57 bits per heavy atom. The van der Waals surface area contributed by atoms with Crippen LogP contribution in [-0.4, -0.2) is 18.2 Å². The fourth-order valence-corrected chi connectivity index (χ4v) is 2.21. The number of hydrogen-bond acceptors (Lipinski definition) is 3. The third kappa shape index (κ3) is 4.93. The molecule has 0 radical (unpaired) electrons. The summed E-state index contributed by atoms with van der Waals surface area (Å²) in [5, 5.41) is 4.17. The summed E-state index contributed by atoms with van der Waals surface area (Å²) in [6.45, 7) is 4.45. The first kappa shape index (κ1) is 17.2. The lowest BCUT2D eigenvalue weighted by molar-refractivity contribution is 0.0950. The van der Waals surface area contributed by atoms with E-state index in [1.165, 1.54) is 0 Å². The highest BCUT2D eigenvalue weighted by Crippen LogP contribution is 2.18. The molecular weight excluding hydrogens is 356 g/mol. The lowest BCUT2D eigenvalue weighted by atomic mass is 10.1. The zero-order chi connectivity index (χ0) is 16.7. The molecule has 0 aliphatic rings. The van der Waals surface area contributed by atoms with Crippen molar-refractivity contribution < 1.29 is 9.53 Å². The van der Waals surface area contributed by atoms with Crippen molar-refractivity contribution >= 4 is 27.5 Å². The largest absolute Gasteiger partial charge is 0.493 e. The summed E-state index contributed by atoms with van der Waals surface area (Å²) in [6.07, 6.45) is 0.886. The maximum atomic E-state index is 12.3. The smallest absolute Gasteiger partial charge is 0.275 e. The summed E-state index contributed by atoms with van der Waals surface area (Å²) in [6, 6.07) is 14.9. The first-order valence-corrected chi connectivity index (χ1v) is 8.23. The second-order valence-corrected chi connectivity index (χ2v) is 5.91. The summed E-state index contributed by atoms with van der Waals surface area (Å²) < 4.78 is 6.60. The van der Waals surface area contributed by atoms with Crippen molar-refractivity contribution in [3.05, 3.63) is 64.1 Å². The van der Waals surface area contributed by atoms with Gasteiger partial charge in [0.05, 0.1) is 17.9 Å². The number of nitrogens with zero attached hydrogens (tertiary/aromatic N) is 1. The second kappa shape index (κ2) is 8.48. The van der Waals surface area contributed by atoms with E-state index in [0.717, 1.165) is 22.2 Å². The molecule has 2 aromatic carbocycles. The van der Waals surface area contributed by atoms with Crippen LogP contribution in [0.2, 0.25) is 0 Å². The number of carbonyl (C=O) groups is 1. The predicted molar refractivity (Wildman–Crippen MR) is 96.0 cm³/mol. The molecule has 5 heteroatoms. The normalized spacial score (nSPS) is 11.2. The van der Waals surface area contributed by atoms with Gasteiger partial charge in [0.15, 0.2) is 0 Å². The topological polar surface area (TPSA) is 50.7 Å². The van der Waals surface area contributed by atoms with Gasteiger partial charge in [0.1, 0.15) is 5.75 Å². The quantitative estimate of drug-likeness (QED) is 0.601. The summed E-state index contributed by atoms with van der Waals surface area (Å²) in [7, 11) is 0. The number of halogens is 1. The number of ether oxygens (including phenoxy) is 1. The van der Waals surface area contributed by atoms with E-state index in [0.29, 0.717) is 17.9 Å².